The molecule has 8 heteroatoms. The van der Waals surface area contributed by atoms with Gasteiger partial charge in [0, 0.05) is 24.2 Å². The summed E-state index contributed by atoms with van der Waals surface area (Å²) in [5.74, 6) is -0.0527. The molecular weight excluding hydrogens is 334 g/mol. The second-order valence-corrected chi connectivity index (χ2v) is 7.05. The topological polar surface area (TPSA) is 94.5 Å². The van der Waals surface area contributed by atoms with Crippen molar-refractivity contribution in [1.29, 1.82) is 0 Å². The number of hydrogen-bond acceptors (Lipinski definition) is 5. The Bertz CT molecular complexity index is 753. The van der Waals surface area contributed by atoms with Gasteiger partial charge in [-0.3, -0.25) is 14.7 Å². The van der Waals surface area contributed by atoms with Crippen molar-refractivity contribution in [1.82, 2.24) is 25.3 Å². The Morgan fingerprint density at radius 2 is 2.27 bits per heavy atom. The van der Waals surface area contributed by atoms with E-state index in [1.54, 1.807) is 24.7 Å². The van der Waals surface area contributed by atoms with Crippen LogP contribution in [0.25, 0.3) is 11.3 Å². The number of likely N-dealkylation sites (tertiary alicyclic amines) is 1. The zero-order valence-corrected chi connectivity index (χ0v) is 15.4. The summed E-state index contributed by atoms with van der Waals surface area (Å²) in [4.78, 5) is 28.4. The fourth-order valence-electron chi connectivity index (χ4n) is 3.31. The molecule has 8 nitrogen and oxygen atoms in total. The molecule has 0 unspecified atom stereocenters. The van der Waals surface area contributed by atoms with Gasteiger partial charge < -0.3 is 19.5 Å². The zero-order valence-electron chi connectivity index (χ0n) is 15.4. The van der Waals surface area contributed by atoms with Crippen molar-refractivity contribution in [3.8, 4) is 11.3 Å². The highest BCUT2D eigenvalue weighted by atomic mass is 16.3. The van der Waals surface area contributed by atoms with Gasteiger partial charge in [0.05, 0.1) is 24.8 Å². The number of rotatable bonds is 5. The third-order valence-corrected chi connectivity index (χ3v) is 4.59. The van der Waals surface area contributed by atoms with Crippen LogP contribution in [0.3, 0.4) is 0 Å². The molecular formula is C18H25N5O3. The first-order valence-corrected chi connectivity index (χ1v) is 8.77. The SMILES string of the molecule is C[C@@H]1C[C@@H](NC(=O)CN(C)C)CCN1C(=O)c1cc(-c2ccoc2)n[nH]1. The van der Waals surface area contributed by atoms with Gasteiger partial charge in [0.2, 0.25) is 5.91 Å². The van der Waals surface area contributed by atoms with Gasteiger partial charge in [0.15, 0.2) is 0 Å². The number of H-pyrrole nitrogens is 1. The van der Waals surface area contributed by atoms with E-state index in [1.807, 2.05) is 30.8 Å². The zero-order chi connectivity index (χ0) is 18.7. The highest BCUT2D eigenvalue weighted by molar-refractivity contribution is 5.93. The Balaban J connectivity index is 1.59. The Hall–Kier alpha value is -2.61. The maximum atomic E-state index is 12.8. The van der Waals surface area contributed by atoms with E-state index in [0.717, 1.165) is 18.4 Å². The molecule has 140 valence electrons. The number of aromatic nitrogens is 2. The van der Waals surface area contributed by atoms with Crippen LogP contribution in [0.1, 0.15) is 30.3 Å². The first kappa shape index (κ1) is 18.2. The molecule has 1 fully saturated rings. The van der Waals surface area contributed by atoms with Crippen LogP contribution in [-0.2, 0) is 4.79 Å². The molecule has 2 aromatic heterocycles. The number of furan rings is 1. The van der Waals surface area contributed by atoms with Gasteiger partial charge in [-0.25, -0.2) is 0 Å². The molecule has 0 spiro atoms. The Morgan fingerprint density at radius 1 is 1.46 bits per heavy atom. The summed E-state index contributed by atoms with van der Waals surface area (Å²) in [6.45, 7) is 2.99. The van der Waals surface area contributed by atoms with Gasteiger partial charge in [-0.05, 0) is 46.0 Å². The molecule has 26 heavy (non-hydrogen) atoms. The van der Waals surface area contributed by atoms with Gasteiger partial charge in [-0.2, -0.15) is 5.10 Å². The second kappa shape index (κ2) is 7.74. The van der Waals surface area contributed by atoms with E-state index in [-0.39, 0.29) is 23.9 Å². The third kappa shape index (κ3) is 4.13. The average molecular weight is 359 g/mol. The van der Waals surface area contributed by atoms with Crippen LogP contribution in [0.15, 0.2) is 29.1 Å². The molecule has 2 atom stereocenters. The summed E-state index contributed by atoms with van der Waals surface area (Å²) in [6, 6.07) is 3.69. The molecule has 0 saturated carbocycles. The lowest BCUT2D eigenvalue weighted by Gasteiger charge is -2.37. The molecule has 0 bridgehead atoms. The minimum Gasteiger partial charge on any atom is -0.472 e. The Labute approximate surface area is 152 Å². The number of piperidine rings is 1. The highest BCUT2D eigenvalue weighted by Crippen LogP contribution is 2.22. The van der Waals surface area contributed by atoms with Gasteiger partial charge in [-0.1, -0.05) is 0 Å². The normalized spacial score (nSPS) is 20.4. The minimum atomic E-state index is -0.0715. The molecule has 2 N–H and O–H groups in total. The van der Waals surface area contributed by atoms with Crippen molar-refractivity contribution in [2.45, 2.75) is 31.8 Å². The van der Waals surface area contributed by atoms with Crippen molar-refractivity contribution >= 4 is 11.8 Å². The second-order valence-electron chi connectivity index (χ2n) is 7.05. The van der Waals surface area contributed by atoms with E-state index < -0.39 is 0 Å². The van der Waals surface area contributed by atoms with E-state index in [0.29, 0.717) is 24.5 Å². The van der Waals surface area contributed by atoms with E-state index in [2.05, 4.69) is 15.5 Å². The predicted octanol–water partition coefficient (Wildman–Crippen LogP) is 1.34. The van der Waals surface area contributed by atoms with Crippen LogP contribution in [0.4, 0.5) is 0 Å². The molecule has 0 aliphatic carbocycles. The summed E-state index contributed by atoms with van der Waals surface area (Å²) in [5, 5.41) is 10.1. The first-order valence-electron chi connectivity index (χ1n) is 8.77. The van der Waals surface area contributed by atoms with Gasteiger partial charge in [0.1, 0.15) is 5.69 Å². The fraction of sp³-hybridized carbons (Fsp3) is 0.500. The lowest BCUT2D eigenvalue weighted by molar-refractivity contribution is -0.122. The maximum absolute atomic E-state index is 12.8. The van der Waals surface area contributed by atoms with E-state index >= 15 is 0 Å². The van der Waals surface area contributed by atoms with Gasteiger partial charge >= 0.3 is 0 Å². The third-order valence-electron chi connectivity index (χ3n) is 4.59. The molecule has 1 aliphatic rings. The molecule has 2 aromatic rings. The van der Waals surface area contributed by atoms with Crippen LogP contribution >= 0.6 is 0 Å². The Kier molecular flexibility index (Phi) is 5.41. The number of likely N-dealkylation sites (N-methyl/N-ethyl adjacent to an activating group) is 1. The molecule has 0 aromatic carbocycles. The average Bonchev–Trinajstić information content (AvgIpc) is 3.25. The van der Waals surface area contributed by atoms with Gasteiger partial charge in [-0.15, -0.1) is 0 Å². The molecule has 3 rings (SSSR count). The van der Waals surface area contributed by atoms with Crippen LogP contribution < -0.4 is 5.32 Å². The van der Waals surface area contributed by atoms with Crippen molar-refractivity contribution in [3.05, 3.63) is 30.4 Å². The number of amides is 2. The van der Waals surface area contributed by atoms with E-state index in [1.165, 1.54) is 0 Å². The Morgan fingerprint density at radius 3 is 2.92 bits per heavy atom. The van der Waals surface area contributed by atoms with Crippen LogP contribution in [0.5, 0.6) is 0 Å². The van der Waals surface area contributed by atoms with E-state index in [9.17, 15) is 9.59 Å². The van der Waals surface area contributed by atoms with Crippen LogP contribution in [0.2, 0.25) is 0 Å². The number of nitrogens with one attached hydrogen (secondary N) is 2. The van der Waals surface area contributed by atoms with Gasteiger partial charge in [0.25, 0.3) is 5.91 Å². The minimum absolute atomic E-state index is 0.0188. The number of hydrogen-bond donors (Lipinski definition) is 2. The molecule has 1 saturated heterocycles. The lowest BCUT2D eigenvalue weighted by atomic mass is 9.97. The van der Waals surface area contributed by atoms with Crippen LogP contribution in [0, 0.1) is 0 Å². The fourth-order valence-corrected chi connectivity index (χ4v) is 3.31. The monoisotopic (exact) mass is 359 g/mol. The lowest BCUT2D eigenvalue weighted by Crippen LogP contribution is -2.52. The molecule has 0 radical (unpaired) electrons. The van der Waals surface area contributed by atoms with Crippen molar-refractivity contribution in [2.75, 3.05) is 27.2 Å². The van der Waals surface area contributed by atoms with Crippen molar-refractivity contribution in [3.63, 3.8) is 0 Å². The summed E-state index contributed by atoms with van der Waals surface area (Å²) in [6.07, 6.45) is 4.66. The molecule has 1 aliphatic heterocycles. The standard InChI is InChI=1S/C18H25N5O3/c1-12-8-14(19-17(24)10-22(2)3)4-6-23(12)18(25)16-9-15(20-21-16)13-5-7-26-11-13/h5,7,9,11-12,14H,4,6,8,10H2,1-3H3,(H,19,24)(H,20,21)/t12-,14+/m1/s1. The quantitative estimate of drug-likeness (QED) is 0.840. The van der Waals surface area contributed by atoms with Crippen molar-refractivity contribution < 1.29 is 14.0 Å². The van der Waals surface area contributed by atoms with Crippen LogP contribution in [-0.4, -0.2) is 71.1 Å². The number of nitrogens with zero attached hydrogens (tertiary/aromatic N) is 3. The number of carbonyl (C=O) groups is 2. The smallest absolute Gasteiger partial charge is 0.272 e. The molecule has 2 amide bonds. The highest BCUT2D eigenvalue weighted by Gasteiger charge is 2.31. The summed E-state index contributed by atoms with van der Waals surface area (Å²) < 4.78 is 5.05. The first-order chi connectivity index (χ1) is 12.4. The predicted molar refractivity (Wildman–Crippen MR) is 96.5 cm³/mol. The largest absolute Gasteiger partial charge is 0.472 e. The maximum Gasteiger partial charge on any atom is 0.272 e. The summed E-state index contributed by atoms with van der Waals surface area (Å²) in [7, 11) is 3.73. The summed E-state index contributed by atoms with van der Waals surface area (Å²) >= 11 is 0. The number of carbonyl (C=O) groups excluding carboxylic acids is 2. The van der Waals surface area contributed by atoms with Crippen molar-refractivity contribution in [2.24, 2.45) is 0 Å². The van der Waals surface area contributed by atoms with E-state index in [4.69, 9.17) is 4.42 Å². The molecule has 3 heterocycles. The summed E-state index contributed by atoms with van der Waals surface area (Å²) in [5.41, 5.74) is 1.97. The number of aromatic amines is 1.